The highest BCUT2D eigenvalue weighted by atomic mass is 32.2. The topological polar surface area (TPSA) is 63.4 Å². The molecule has 0 heterocycles. The summed E-state index contributed by atoms with van der Waals surface area (Å²) in [6.07, 6.45) is 4.15. The van der Waals surface area contributed by atoms with Crippen LogP contribution in [0.1, 0.15) is 38.2 Å². The molecule has 112 valence electrons. The van der Waals surface area contributed by atoms with Crippen molar-refractivity contribution in [1.82, 2.24) is 4.31 Å². The van der Waals surface area contributed by atoms with E-state index in [0.717, 1.165) is 19.3 Å². The Morgan fingerprint density at radius 1 is 1.30 bits per heavy atom. The second-order valence-electron chi connectivity index (χ2n) is 5.94. The number of nitrogens with two attached hydrogens (primary N) is 1. The van der Waals surface area contributed by atoms with Crippen LogP contribution in [-0.2, 0) is 10.0 Å². The lowest BCUT2D eigenvalue weighted by atomic mass is 9.87. The predicted octanol–water partition coefficient (Wildman–Crippen LogP) is 2.78. The van der Waals surface area contributed by atoms with E-state index in [4.69, 9.17) is 5.73 Å². The first kappa shape index (κ1) is 15.3. The SMILES string of the molecule is Cc1cccc(N)c1S(=O)(=O)N(C)C1CCCC(C)C1. The highest BCUT2D eigenvalue weighted by Crippen LogP contribution is 2.32. The van der Waals surface area contributed by atoms with Crippen molar-refractivity contribution in [3.8, 4) is 0 Å². The maximum Gasteiger partial charge on any atom is 0.245 e. The Labute approximate surface area is 122 Å². The summed E-state index contributed by atoms with van der Waals surface area (Å²) in [5.74, 6) is 0.584. The van der Waals surface area contributed by atoms with Crippen LogP contribution in [0.15, 0.2) is 23.1 Å². The van der Waals surface area contributed by atoms with Crippen molar-refractivity contribution >= 4 is 15.7 Å². The van der Waals surface area contributed by atoms with Gasteiger partial charge in [0.15, 0.2) is 0 Å². The Hall–Kier alpha value is -1.07. The molecule has 0 radical (unpaired) electrons. The van der Waals surface area contributed by atoms with Gasteiger partial charge in [-0.3, -0.25) is 0 Å². The van der Waals surface area contributed by atoms with Crippen molar-refractivity contribution in [2.24, 2.45) is 5.92 Å². The molecule has 1 fully saturated rings. The smallest absolute Gasteiger partial charge is 0.245 e. The van der Waals surface area contributed by atoms with Gasteiger partial charge < -0.3 is 5.73 Å². The standard InChI is InChI=1S/C15H24N2O2S/c1-11-6-4-8-13(10-11)17(3)20(18,19)15-12(2)7-5-9-14(15)16/h5,7,9,11,13H,4,6,8,10,16H2,1-3H3. The minimum atomic E-state index is -3.52. The van der Waals surface area contributed by atoms with E-state index in [-0.39, 0.29) is 10.9 Å². The van der Waals surface area contributed by atoms with E-state index >= 15 is 0 Å². The first-order valence-corrected chi connectivity index (χ1v) is 8.61. The number of hydrogen-bond donors (Lipinski definition) is 1. The Kier molecular flexibility index (Phi) is 4.39. The minimum absolute atomic E-state index is 0.0859. The zero-order valence-electron chi connectivity index (χ0n) is 12.5. The molecule has 1 saturated carbocycles. The third-order valence-corrected chi connectivity index (χ3v) is 6.43. The molecule has 1 aromatic rings. The fraction of sp³-hybridized carbons (Fsp3) is 0.600. The Morgan fingerprint density at radius 3 is 2.60 bits per heavy atom. The van der Waals surface area contributed by atoms with Crippen molar-refractivity contribution in [3.05, 3.63) is 23.8 Å². The summed E-state index contributed by atoms with van der Waals surface area (Å²) < 4.78 is 27.2. The van der Waals surface area contributed by atoms with Gasteiger partial charge in [-0.05, 0) is 37.3 Å². The molecule has 0 amide bonds. The van der Waals surface area contributed by atoms with Crippen molar-refractivity contribution in [2.45, 2.75) is 50.5 Å². The fourth-order valence-corrected chi connectivity index (χ4v) is 4.81. The number of aryl methyl sites for hydroxylation is 1. The van der Waals surface area contributed by atoms with Crippen molar-refractivity contribution in [3.63, 3.8) is 0 Å². The van der Waals surface area contributed by atoms with E-state index in [1.165, 1.54) is 10.7 Å². The molecule has 2 atom stereocenters. The quantitative estimate of drug-likeness (QED) is 0.872. The van der Waals surface area contributed by atoms with Crippen LogP contribution in [0.4, 0.5) is 5.69 Å². The summed E-state index contributed by atoms with van der Waals surface area (Å²) in [6.45, 7) is 3.98. The molecule has 0 aliphatic heterocycles. The van der Waals surface area contributed by atoms with Crippen LogP contribution in [-0.4, -0.2) is 25.8 Å². The number of nitrogens with zero attached hydrogens (tertiary/aromatic N) is 1. The van der Waals surface area contributed by atoms with Crippen LogP contribution in [0.3, 0.4) is 0 Å². The van der Waals surface area contributed by atoms with Crippen molar-refractivity contribution in [1.29, 1.82) is 0 Å². The van der Waals surface area contributed by atoms with Crippen LogP contribution in [0.2, 0.25) is 0 Å². The lowest BCUT2D eigenvalue weighted by Crippen LogP contribution is -2.40. The number of benzene rings is 1. The van der Waals surface area contributed by atoms with E-state index in [1.807, 2.05) is 0 Å². The molecule has 2 unspecified atom stereocenters. The van der Waals surface area contributed by atoms with Gasteiger partial charge >= 0.3 is 0 Å². The number of nitrogen functional groups attached to an aromatic ring is 1. The van der Waals surface area contributed by atoms with Crippen molar-refractivity contribution in [2.75, 3.05) is 12.8 Å². The zero-order chi connectivity index (χ0) is 14.9. The number of anilines is 1. The highest BCUT2D eigenvalue weighted by molar-refractivity contribution is 7.89. The van der Waals surface area contributed by atoms with Crippen LogP contribution >= 0.6 is 0 Å². The molecule has 5 heteroatoms. The average Bonchev–Trinajstić information content (AvgIpc) is 2.37. The summed E-state index contributed by atoms with van der Waals surface area (Å²) in [5.41, 5.74) is 6.94. The Balaban J connectivity index is 2.34. The number of hydrogen-bond acceptors (Lipinski definition) is 3. The van der Waals surface area contributed by atoms with E-state index in [0.29, 0.717) is 17.2 Å². The van der Waals surface area contributed by atoms with Gasteiger partial charge in [-0.1, -0.05) is 31.9 Å². The molecule has 0 bridgehead atoms. The molecule has 0 aromatic heterocycles. The fourth-order valence-electron chi connectivity index (χ4n) is 3.10. The predicted molar refractivity (Wildman–Crippen MR) is 82.0 cm³/mol. The Bertz CT molecular complexity index is 563. The molecule has 2 N–H and O–H groups in total. The van der Waals surface area contributed by atoms with Gasteiger partial charge in [-0.2, -0.15) is 4.31 Å². The van der Waals surface area contributed by atoms with Gasteiger partial charge in [0.25, 0.3) is 0 Å². The molecule has 1 aliphatic rings. The van der Waals surface area contributed by atoms with Gasteiger partial charge in [-0.15, -0.1) is 0 Å². The van der Waals surface area contributed by atoms with Crippen LogP contribution < -0.4 is 5.73 Å². The largest absolute Gasteiger partial charge is 0.398 e. The van der Waals surface area contributed by atoms with E-state index in [2.05, 4.69) is 6.92 Å². The maximum atomic E-state index is 12.8. The first-order valence-electron chi connectivity index (χ1n) is 7.17. The van der Waals surface area contributed by atoms with E-state index in [9.17, 15) is 8.42 Å². The number of sulfonamides is 1. The van der Waals surface area contributed by atoms with Gasteiger partial charge in [-0.25, -0.2) is 8.42 Å². The highest BCUT2D eigenvalue weighted by Gasteiger charge is 2.32. The summed E-state index contributed by atoms with van der Waals surface area (Å²) in [6, 6.07) is 5.31. The van der Waals surface area contributed by atoms with E-state index in [1.54, 1.807) is 32.2 Å². The third kappa shape index (κ3) is 2.83. The molecule has 20 heavy (non-hydrogen) atoms. The normalized spacial score (nSPS) is 24.0. The second kappa shape index (κ2) is 5.74. The lowest BCUT2D eigenvalue weighted by Gasteiger charge is -2.33. The Morgan fingerprint density at radius 2 is 2.00 bits per heavy atom. The van der Waals surface area contributed by atoms with Gasteiger partial charge in [0.05, 0.1) is 5.69 Å². The molecule has 1 aliphatic carbocycles. The monoisotopic (exact) mass is 296 g/mol. The maximum absolute atomic E-state index is 12.8. The summed E-state index contributed by atoms with van der Waals surface area (Å²) in [7, 11) is -1.83. The lowest BCUT2D eigenvalue weighted by molar-refractivity contribution is 0.239. The number of rotatable bonds is 3. The molecular formula is C15H24N2O2S. The van der Waals surface area contributed by atoms with Crippen LogP contribution in [0.25, 0.3) is 0 Å². The zero-order valence-corrected chi connectivity index (χ0v) is 13.3. The van der Waals surface area contributed by atoms with Crippen LogP contribution in [0, 0.1) is 12.8 Å². The molecule has 0 spiro atoms. The molecule has 2 rings (SSSR count). The third-order valence-electron chi connectivity index (χ3n) is 4.30. The summed E-state index contributed by atoms with van der Waals surface area (Å²) >= 11 is 0. The first-order chi connectivity index (χ1) is 9.34. The average molecular weight is 296 g/mol. The summed E-state index contributed by atoms with van der Waals surface area (Å²) in [5, 5.41) is 0. The van der Waals surface area contributed by atoms with Gasteiger partial charge in [0.1, 0.15) is 4.90 Å². The second-order valence-corrected chi connectivity index (χ2v) is 7.87. The molecule has 0 saturated heterocycles. The van der Waals surface area contributed by atoms with Gasteiger partial charge in [0, 0.05) is 13.1 Å². The minimum Gasteiger partial charge on any atom is -0.398 e. The van der Waals surface area contributed by atoms with Crippen molar-refractivity contribution < 1.29 is 8.42 Å². The van der Waals surface area contributed by atoms with Crippen LogP contribution in [0.5, 0.6) is 0 Å². The van der Waals surface area contributed by atoms with Gasteiger partial charge in [0.2, 0.25) is 10.0 Å². The molecular weight excluding hydrogens is 272 g/mol. The van der Waals surface area contributed by atoms with E-state index < -0.39 is 10.0 Å². The molecule has 1 aromatic carbocycles. The summed E-state index contributed by atoms with van der Waals surface area (Å²) in [4.78, 5) is 0.265. The molecule has 4 nitrogen and oxygen atoms in total.